The minimum atomic E-state index is -3.13. The van der Waals surface area contributed by atoms with Crippen LogP contribution in [0.2, 0.25) is 0 Å². The van der Waals surface area contributed by atoms with E-state index in [9.17, 15) is 18.0 Å². The first-order valence-electron chi connectivity index (χ1n) is 3.73. The summed E-state index contributed by atoms with van der Waals surface area (Å²) in [4.78, 5) is 13.7. The van der Waals surface area contributed by atoms with Gasteiger partial charge in [-0.15, -0.1) is 0 Å². The molecule has 1 N–H and O–H groups in total. The average Bonchev–Trinajstić information content (AvgIpc) is 2.17. The lowest BCUT2D eigenvalue weighted by molar-refractivity contribution is 0.0688. The number of carboxylic acids is 1. The molecule has 1 aromatic rings. The van der Waals surface area contributed by atoms with Crippen molar-refractivity contribution in [2.24, 2.45) is 0 Å². The van der Waals surface area contributed by atoms with Gasteiger partial charge in [0.1, 0.15) is 0 Å². The van der Waals surface area contributed by atoms with Gasteiger partial charge in [-0.2, -0.15) is 0 Å². The van der Waals surface area contributed by atoms with Crippen LogP contribution in [0.25, 0.3) is 0 Å². The largest absolute Gasteiger partial charge is 0.479 e. The van der Waals surface area contributed by atoms with Crippen molar-refractivity contribution in [3.8, 4) is 5.88 Å². The lowest BCUT2D eigenvalue weighted by atomic mass is 10.2. The quantitative estimate of drug-likeness (QED) is 0.846. The van der Waals surface area contributed by atoms with Crippen LogP contribution in [-0.4, -0.2) is 23.2 Å². The summed E-state index contributed by atoms with van der Waals surface area (Å²) in [6, 6.07) is 0.477. The van der Waals surface area contributed by atoms with Crippen LogP contribution < -0.4 is 4.74 Å². The molecule has 0 saturated heterocycles. The minimum Gasteiger partial charge on any atom is -0.479 e. The Hall–Kier alpha value is -1.79. The average molecular weight is 221 g/mol. The summed E-state index contributed by atoms with van der Waals surface area (Å²) in [5.74, 6) is -3.64. The molecular weight excluding hydrogens is 215 g/mol. The van der Waals surface area contributed by atoms with E-state index in [1.807, 2.05) is 0 Å². The maximum atomic E-state index is 13.1. The number of alkyl halides is 2. The number of aromatic carboxylic acids is 1. The van der Waals surface area contributed by atoms with Gasteiger partial charge in [-0.05, 0) is 6.07 Å². The van der Waals surface area contributed by atoms with Crippen LogP contribution in [0.4, 0.5) is 13.2 Å². The van der Waals surface area contributed by atoms with Gasteiger partial charge in [0.15, 0.2) is 11.5 Å². The molecular formula is C8H6F3NO3. The summed E-state index contributed by atoms with van der Waals surface area (Å²) in [6.45, 7) is 0. The van der Waals surface area contributed by atoms with Crippen LogP contribution in [0.5, 0.6) is 5.88 Å². The molecule has 0 fully saturated rings. The Morgan fingerprint density at radius 1 is 1.60 bits per heavy atom. The predicted octanol–water partition coefficient (Wildman–Crippen LogP) is 1.87. The van der Waals surface area contributed by atoms with Crippen LogP contribution in [0, 0.1) is 5.82 Å². The molecule has 15 heavy (non-hydrogen) atoms. The predicted molar refractivity (Wildman–Crippen MR) is 42.7 cm³/mol. The Morgan fingerprint density at radius 2 is 2.20 bits per heavy atom. The second-order valence-electron chi connectivity index (χ2n) is 2.53. The monoisotopic (exact) mass is 221 g/mol. The van der Waals surface area contributed by atoms with Crippen molar-refractivity contribution in [1.29, 1.82) is 0 Å². The molecule has 0 spiro atoms. The first kappa shape index (κ1) is 11.3. The highest BCUT2D eigenvalue weighted by atomic mass is 19.3. The highest BCUT2D eigenvalue weighted by Gasteiger charge is 2.22. The summed E-state index contributed by atoms with van der Waals surface area (Å²) in [7, 11) is 1.01. The zero-order chi connectivity index (χ0) is 11.6. The number of pyridine rings is 1. The van der Waals surface area contributed by atoms with Crippen LogP contribution in [0.3, 0.4) is 0 Å². The van der Waals surface area contributed by atoms with E-state index >= 15 is 0 Å². The molecule has 1 aromatic heterocycles. The second-order valence-corrected chi connectivity index (χ2v) is 2.53. The van der Waals surface area contributed by atoms with Crippen molar-refractivity contribution in [3.63, 3.8) is 0 Å². The highest BCUT2D eigenvalue weighted by Crippen LogP contribution is 2.27. The normalized spacial score (nSPS) is 10.5. The van der Waals surface area contributed by atoms with Gasteiger partial charge in [-0.3, -0.25) is 0 Å². The Balaban J connectivity index is 3.38. The standard InChI is InChI=1S/C8H6F3NO3/c1-15-7-5(9)3(6(10)11)2-4(12-7)8(13)14/h2,6H,1H3,(H,13,14). The van der Waals surface area contributed by atoms with Crippen molar-refractivity contribution in [2.75, 3.05) is 7.11 Å². The smallest absolute Gasteiger partial charge is 0.354 e. The van der Waals surface area contributed by atoms with Gasteiger partial charge >= 0.3 is 5.97 Å². The Labute approximate surface area is 82.3 Å². The van der Waals surface area contributed by atoms with E-state index in [0.29, 0.717) is 6.07 Å². The zero-order valence-electron chi connectivity index (χ0n) is 7.50. The van der Waals surface area contributed by atoms with Gasteiger partial charge < -0.3 is 9.84 Å². The number of carboxylic acid groups (broad SMARTS) is 1. The fraction of sp³-hybridized carbons (Fsp3) is 0.250. The fourth-order valence-electron chi connectivity index (χ4n) is 0.928. The molecule has 0 aliphatic heterocycles. The zero-order valence-corrected chi connectivity index (χ0v) is 7.50. The van der Waals surface area contributed by atoms with Gasteiger partial charge in [0.2, 0.25) is 0 Å². The molecule has 0 aliphatic rings. The number of nitrogens with zero attached hydrogens (tertiary/aromatic N) is 1. The molecule has 0 bridgehead atoms. The van der Waals surface area contributed by atoms with Crippen molar-refractivity contribution in [1.82, 2.24) is 4.98 Å². The van der Waals surface area contributed by atoms with E-state index in [1.54, 1.807) is 0 Å². The SMILES string of the molecule is COc1nc(C(=O)O)cc(C(F)F)c1F. The number of rotatable bonds is 3. The molecule has 4 nitrogen and oxygen atoms in total. The molecule has 0 unspecified atom stereocenters. The number of halogens is 3. The third-order valence-corrected chi connectivity index (χ3v) is 1.60. The molecule has 1 heterocycles. The number of hydrogen-bond donors (Lipinski definition) is 1. The summed E-state index contributed by atoms with van der Waals surface area (Å²) in [6.07, 6.45) is -3.13. The third kappa shape index (κ3) is 2.17. The van der Waals surface area contributed by atoms with Gasteiger partial charge in [-0.25, -0.2) is 22.9 Å². The molecule has 0 radical (unpaired) electrons. The van der Waals surface area contributed by atoms with Crippen molar-refractivity contribution in [3.05, 3.63) is 23.1 Å². The molecule has 0 aromatic carbocycles. The van der Waals surface area contributed by atoms with E-state index < -0.39 is 35.3 Å². The van der Waals surface area contributed by atoms with E-state index in [4.69, 9.17) is 5.11 Å². The van der Waals surface area contributed by atoms with Gasteiger partial charge in [-0.1, -0.05) is 0 Å². The van der Waals surface area contributed by atoms with E-state index in [-0.39, 0.29) is 0 Å². The number of hydrogen-bond acceptors (Lipinski definition) is 3. The van der Waals surface area contributed by atoms with Gasteiger partial charge in [0.05, 0.1) is 12.7 Å². The highest BCUT2D eigenvalue weighted by molar-refractivity contribution is 5.85. The number of aromatic nitrogens is 1. The molecule has 82 valence electrons. The maximum Gasteiger partial charge on any atom is 0.354 e. The first-order chi connectivity index (χ1) is 6.97. The Bertz CT molecular complexity index is 395. The van der Waals surface area contributed by atoms with Crippen molar-refractivity contribution < 1.29 is 27.8 Å². The summed E-state index contributed by atoms with van der Waals surface area (Å²) in [5, 5.41) is 8.52. The van der Waals surface area contributed by atoms with E-state index in [0.717, 1.165) is 7.11 Å². The van der Waals surface area contributed by atoms with Crippen molar-refractivity contribution in [2.45, 2.75) is 6.43 Å². The Kier molecular flexibility index (Phi) is 3.13. The lowest BCUT2D eigenvalue weighted by Crippen LogP contribution is -2.07. The second kappa shape index (κ2) is 4.16. The third-order valence-electron chi connectivity index (χ3n) is 1.60. The maximum absolute atomic E-state index is 13.1. The molecule has 0 atom stereocenters. The van der Waals surface area contributed by atoms with Gasteiger partial charge in [0, 0.05) is 0 Å². The molecule has 0 saturated carbocycles. The molecule has 0 amide bonds. The molecule has 7 heteroatoms. The van der Waals surface area contributed by atoms with Crippen LogP contribution in [-0.2, 0) is 0 Å². The Morgan fingerprint density at radius 3 is 2.60 bits per heavy atom. The van der Waals surface area contributed by atoms with Crippen LogP contribution in [0.1, 0.15) is 22.5 Å². The van der Waals surface area contributed by atoms with Crippen molar-refractivity contribution >= 4 is 5.97 Å². The number of methoxy groups -OCH3 is 1. The minimum absolute atomic E-state index is 0.477. The topological polar surface area (TPSA) is 59.4 Å². The number of ether oxygens (including phenoxy) is 1. The fourth-order valence-corrected chi connectivity index (χ4v) is 0.928. The first-order valence-corrected chi connectivity index (χ1v) is 3.73. The summed E-state index contributed by atoms with van der Waals surface area (Å²) >= 11 is 0. The summed E-state index contributed by atoms with van der Waals surface area (Å²) < 4.78 is 42.0. The summed E-state index contributed by atoms with van der Waals surface area (Å²) in [5.41, 5.74) is -1.73. The lowest BCUT2D eigenvalue weighted by Gasteiger charge is -2.07. The van der Waals surface area contributed by atoms with Crippen LogP contribution >= 0.6 is 0 Å². The number of carbonyl (C=O) groups is 1. The van der Waals surface area contributed by atoms with Gasteiger partial charge in [0.25, 0.3) is 12.3 Å². The molecule has 1 rings (SSSR count). The van der Waals surface area contributed by atoms with Crippen LogP contribution in [0.15, 0.2) is 6.07 Å². The molecule has 0 aliphatic carbocycles. The van der Waals surface area contributed by atoms with E-state index in [1.165, 1.54) is 0 Å². The van der Waals surface area contributed by atoms with E-state index in [2.05, 4.69) is 9.72 Å².